The van der Waals surface area contributed by atoms with E-state index in [0.717, 1.165) is 51.4 Å². The molecule has 2 unspecified atom stereocenters. The Balaban J connectivity index is 4.70. The number of hydrogen-bond acceptors (Lipinski definition) is 5. The summed E-state index contributed by atoms with van der Waals surface area (Å²) < 4.78 is 24.6. The number of carboxylic acids is 1. The van der Waals surface area contributed by atoms with Crippen LogP contribution in [0.3, 0.4) is 0 Å². The molecule has 0 aromatic carbocycles. The number of hydrogen-bond donors (Lipinski definition) is 2. The molecule has 6 nitrogen and oxygen atoms in total. The highest BCUT2D eigenvalue weighted by Crippen LogP contribution is 2.48. The smallest absolute Gasteiger partial charge is 0.344 e. The van der Waals surface area contributed by atoms with E-state index in [1.54, 1.807) is 0 Å². The Morgan fingerprint density at radius 3 is 1.77 bits per heavy atom. The van der Waals surface area contributed by atoms with Gasteiger partial charge in [-0.1, -0.05) is 66.2 Å². The van der Waals surface area contributed by atoms with Crippen LogP contribution in [0.4, 0.5) is 0 Å². The highest BCUT2D eigenvalue weighted by atomic mass is 31.2. The van der Waals surface area contributed by atoms with Crippen LogP contribution in [0, 0.1) is 11.8 Å². The first kappa shape index (κ1) is 25.6. The minimum atomic E-state index is -3.35. The van der Waals surface area contributed by atoms with Crippen LogP contribution in [0.1, 0.15) is 79.1 Å². The fraction of sp³-hybridized carbons (Fsp3) is 0.947. The average molecular weight is 394 g/mol. The number of rotatable bonds is 18. The van der Waals surface area contributed by atoms with Crippen molar-refractivity contribution in [3.05, 3.63) is 0 Å². The van der Waals surface area contributed by atoms with Crippen LogP contribution in [0.25, 0.3) is 0 Å². The third-order valence-electron chi connectivity index (χ3n) is 4.68. The molecule has 0 aliphatic rings. The number of nitrogens with one attached hydrogen (secondary N) is 1. The van der Waals surface area contributed by atoms with Crippen LogP contribution < -0.4 is 5.32 Å². The van der Waals surface area contributed by atoms with E-state index >= 15 is 0 Å². The fourth-order valence-electron chi connectivity index (χ4n) is 2.66. The lowest BCUT2D eigenvalue weighted by atomic mass is 10.0. The van der Waals surface area contributed by atoms with Gasteiger partial charge in [-0.15, -0.1) is 0 Å². The van der Waals surface area contributed by atoms with E-state index < -0.39 is 13.6 Å². The molecule has 0 aromatic rings. The summed E-state index contributed by atoms with van der Waals surface area (Å²) in [6.45, 7) is 9.06. The molecular weight excluding hydrogens is 353 g/mol. The van der Waals surface area contributed by atoms with Gasteiger partial charge in [0.05, 0.1) is 26.0 Å². The van der Waals surface area contributed by atoms with E-state index in [-0.39, 0.29) is 12.8 Å². The molecular formula is C19H40NO5P. The second-order valence-electron chi connectivity index (χ2n) is 7.01. The van der Waals surface area contributed by atoms with Gasteiger partial charge in [-0.05, 0) is 24.7 Å². The molecule has 0 saturated carbocycles. The van der Waals surface area contributed by atoms with Gasteiger partial charge in [0.1, 0.15) is 0 Å². The molecule has 0 spiro atoms. The molecule has 0 heterocycles. The second-order valence-corrected chi connectivity index (χ2v) is 9.07. The van der Waals surface area contributed by atoms with Gasteiger partial charge in [0, 0.05) is 0 Å². The predicted octanol–water partition coefficient (Wildman–Crippen LogP) is 5.28. The zero-order chi connectivity index (χ0) is 19.8. The van der Waals surface area contributed by atoms with Crippen molar-refractivity contribution < 1.29 is 23.5 Å². The van der Waals surface area contributed by atoms with Gasteiger partial charge in [-0.3, -0.25) is 14.7 Å². The van der Waals surface area contributed by atoms with Crippen molar-refractivity contribution in [1.82, 2.24) is 5.32 Å². The Bertz CT molecular complexity index is 381. The molecule has 0 radical (unpaired) electrons. The number of carbonyl (C=O) groups is 1. The molecule has 2 N–H and O–H groups in total. The average Bonchev–Trinajstić information content (AvgIpc) is 2.62. The van der Waals surface area contributed by atoms with Crippen molar-refractivity contribution in [2.75, 3.05) is 26.0 Å². The Morgan fingerprint density at radius 2 is 1.42 bits per heavy atom. The van der Waals surface area contributed by atoms with Crippen molar-refractivity contribution in [3.8, 4) is 0 Å². The molecule has 0 aliphatic heterocycles. The molecule has 7 heteroatoms. The summed E-state index contributed by atoms with van der Waals surface area (Å²) in [6.07, 6.45) is 8.47. The normalized spacial score (nSPS) is 16.2. The van der Waals surface area contributed by atoms with Gasteiger partial charge in [0.25, 0.3) is 0 Å². The third-order valence-corrected chi connectivity index (χ3v) is 6.38. The summed E-state index contributed by atoms with van der Waals surface area (Å²) in [5.74, 6) is -0.276. The van der Waals surface area contributed by atoms with Crippen molar-refractivity contribution in [2.24, 2.45) is 11.8 Å². The monoisotopic (exact) mass is 393 g/mol. The Hall–Kier alpha value is -0.420. The van der Waals surface area contributed by atoms with Crippen LogP contribution in [0.15, 0.2) is 0 Å². The summed E-state index contributed by atoms with van der Waals surface area (Å²) in [4.78, 5) is 10.7. The van der Waals surface area contributed by atoms with Crippen LogP contribution in [0.5, 0.6) is 0 Å². The van der Waals surface area contributed by atoms with Gasteiger partial charge in [-0.2, -0.15) is 0 Å². The second kappa shape index (κ2) is 15.6. The molecule has 156 valence electrons. The van der Waals surface area contributed by atoms with Crippen LogP contribution in [0.2, 0.25) is 0 Å². The van der Waals surface area contributed by atoms with Crippen LogP contribution >= 0.6 is 7.60 Å². The summed E-state index contributed by atoms with van der Waals surface area (Å²) in [7, 11) is -3.35. The maximum absolute atomic E-state index is 13.1. The Morgan fingerprint density at radius 1 is 0.962 bits per heavy atom. The number of aliphatic carboxylic acids is 1. The fourth-order valence-corrected chi connectivity index (χ4v) is 4.18. The van der Waals surface area contributed by atoms with Crippen molar-refractivity contribution in [3.63, 3.8) is 0 Å². The molecule has 0 rings (SSSR count). The van der Waals surface area contributed by atoms with E-state index in [9.17, 15) is 9.36 Å². The first-order valence-corrected chi connectivity index (χ1v) is 11.9. The molecule has 0 amide bonds. The first-order valence-electron chi connectivity index (χ1n) is 10.2. The standard InChI is InChI=1S/C19H40NO5P/c1-5-9-11-17(7-3)14-24-26(23,16-20-13-19(21)22)25-15-18(8-4)12-10-6-2/h17-18,20H,5-16H2,1-4H3,(H,21,22). The van der Waals surface area contributed by atoms with Gasteiger partial charge in [-0.25, -0.2) is 0 Å². The lowest BCUT2D eigenvalue weighted by molar-refractivity contribution is -0.135. The minimum absolute atomic E-state index is 0.0618. The number of carboxylic acid groups (broad SMARTS) is 1. The maximum atomic E-state index is 13.1. The van der Waals surface area contributed by atoms with Crippen LogP contribution in [-0.4, -0.2) is 37.1 Å². The zero-order valence-corrected chi connectivity index (χ0v) is 18.1. The highest BCUT2D eigenvalue weighted by molar-refractivity contribution is 7.53. The highest BCUT2D eigenvalue weighted by Gasteiger charge is 2.27. The van der Waals surface area contributed by atoms with Gasteiger partial charge < -0.3 is 14.2 Å². The Kier molecular flexibility index (Phi) is 15.4. The SMILES string of the molecule is CCCCC(CC)COP(=O)(CNCC(=O)O)OCC(CC)CCCC. The predicted molar refractivity (Wildman–Crippen MR) is 107 cm³/mol. The Labute approximate surface area is 160 Å². The lowest BCUT2D eigenvalue weighted by Gasteiger charge is -2.24. The van der Waals surface area contributed by atoms with Crippen LogP contribution in [-0.2, 0) is 18.4 Å². The summed E-state index contributed by atoms with van der Waals surface area (Å²) in [5.41, 5.74) is 0. The topological polar surface area (TPSA) is 84.9 Å². The molecule has 0 aromatic heterocycles. The summed E-state index contributed by atoms with van der Waals surface area (Å²) in [6, 6.07) is 0. The first-order chi connectivity index (χ1) is 12.4. The van der Waals surface area contributed by atoms with Crippen molar-refractivity contribution >= 4 is 13.6 Å². The lowest BCUT2D eigenvalue weighted by Crippen LogP contribution is -2.25. The largest absolute Gasteiger partial charge is 0.480 e. The van der Waals surface area contributed by atoms with E-state index in [2.05, 4.69) is 33.0 Å². The molecule has 26 heavy (non-hydrogen) atoms. The summed E-state index contributed by atoms with van der Waals surface area (Å²) in [5, 5.41) is 11.5. The van der Waals surface area contributed by atoms with Gasteiger partial charge >= 0.3 is 13.6 Å². The molecule has 0 aliphatic carbocycles. The van der Waals surface area contributed by atoms with E-state index in [4.69, 9.17) is 14.2 Å². The molecule has 2 atom stereocenters. The third kappa shape index (κ3) is 12.9. The number of unbranched alkanes of at least 4 members (excludes halogenated alkanes) is 2. The quantitative estimate of drug-likeness (QED) is 0.308. The van der Waals surface area contributed by atoms with Gasteiger partial charge in [0.2, 0.25) is 0 Å². The van der Waals surface area contributed by atoms with Crippen molar-refractivity contribution in [2.45, 2.75) is 79.1 Å². The van der Waals surface area contributed by atoms with Crippen molar-refractivity contribution in [1.29, 1.82) is 0 Å². The molecule has 0 fully saturated rings. The minimum Gasteiger partial charge on any atom is -0.480 e. The van der Waals surface area contributed by atoms with E-state index in [1.165, 1.54) is 0 Å². The maximum Gasteiger partial charge on any atom is 0.344 e. The molecule has 0 saturated heterocycles. The zero-order valence-electron chi connectivity index (χ0n) is 17.2. The molecule has 0 bridgehead atoms. The van der Waals surface area contributed by atoms with Gasteiger partial charge in [0.15, 0.2) is 0 Å². The summed E-state index contributed by atoms with van der Waals surface area (Å²) >= 11 is 0. The van der Waals surface area contributed by atoms with E-state index in [0.29, 0.717) is 25.0 Å². The van der Waals surface area contributed by atoms with E-state index in [1.807, 2.05) is 0 Å².